The van der Waals surface area contributed by atoms with Crippen LogP contribution in [0.5, 0.6) is 0 Å². The standard InChI is InChI=1S/C23H24N6O/c1-16-15-30-13-12-27(16)22-18-9-11-28(17-6-3-2-4-7-17)21(18)19-14-25-29(23(19)26-22)20-8-5-10-24-20/h2-8,14,16H,9-13,15H2,1H3/t16-/m1/s1. The zero-order chi connectivity index (χ0) is 20.1. The molecule has 7 nitrogen and oxygen atoms in total. The number of ether oxygens (including phenoxy) is 1. The van der Waals surface area contributed by atoms with Crippen molar-refractivity contribution in [3.05, 3.63) is 54.2 Å². The van der Waals surface area contributed by atoms with Gasteiger partial charge in [0.1, 0.15) is 5.82 Å². The fourth-order valence-electron chi connectivity index (χ4n) is 4.73. The van der Waals surface area contributed by atoms with E-state index in [-0.39, 0.29) is 0 Å². The van der Waals surface area contributed by atoms with Crippen molar-refractivity contribution in [3.63, 3.8) is 0 Å². The minimum absolute atomic E-state index is 0.290. The van der Waals surface area contributed by atoms with Crippen LogP contribution >= 0.6 is 0 Å². The highest BCUT2D eigenvalue weighted by molar-refractivity contribution is 6.05. The molecule has 3 aromatic rings. The van der Waals surface area contributed by atoms with Crippen LogP contribution in [0.15, 0.2) is 53.7 Å². The lowest BCUT2D eigenvalue weighted by Crippen LogP contribution is -2.44. The molecule has 2 aromatic heterocycles. The normalized spacial score (nSPS) is 20.8. The van der Waals surface area contributed by atoms with Gasteiger partial charge in [-0.2, -0.15) is 9.78 Å². The summed E-state index contributed by atoms with van der Waals surface area (Å²) in [7, 11) is 0. The molecule has 6 rings (SSSR count). The topological polar surface area (TPSA) is 58.8 Å². The number of rotatable bonds is 2. The highest BCUT2D eigenvalue weighted by Crippen LogP contribution is 2.44. The average molecular weight is 400 g/mol. The molecule has 0 amide bonds. The van der Waals surface area contributed by atoms with Gasteiger partial charge in [0, 0.05) is 24.3 Å². The fraction of sp³-hybridized carbons (Fsp3) is 0.348. The quantitative estimate of drug-likeness (QED) is 0.661. The van der Waals surface area contributed by atoms with Crippen molar-refractivity contribution >= 4 is 34.1 Å². The van der Waals surface area contributed by atoms with E-state index in [9.17, 15) is 0 Å². The minimum atomic E-state index is 0.290. The van der Waals surface area contributed by atoms with Crippen LogP contribution in [-0.4, -0.2) is 59.5 Å². The molecular formula is C23H24N6O. The summed E-state index contributed by atoms with van der Waals surface area (Å²) >= 11 is 0. The summed E-state index contributed by atoms with van der Waals surface area (Å²) in [6.45, 7) is 6.17. The van der Waals surface area contributed by atoms with Crippen molar-refractivity contribution in [2.24, 2.45) is 4.99 Å². The molecule has 0 unspecified atom stereocenters. The van der Waals surface area contributed by atoms with Crippen LogP contribution in [0.4, 0.5) is 17.2 Å². The lowest BCUT2D eigenvalue weighted by molar-refractivity contribution is 0.0985. The van der Waals surface area contributed by atoms with Gasteiger partial charge >= 0.3 is 0 Å². The lowest BCUT2D eigenvalue weighted by Gasteiger charge is -2.35. The van der Waals surface area contributed by atoms with E-state index >= 15 is 0 Å². The highest BCUT2D eigenvalue weighted by Gasteiger charge is 2.33. The first-order valence-corrected chi connectivity index (χ1v) is 10.6. The molecule has 1 fully saturated rings. The zero-order valence-corrected chi connectivity index (χ0v) is 17.0. The number of nitrogens with zero attached hydrogens (tertiary/aromatic N) is 6. The molecule has 0 bridgehead atoms. The Morgan fingerprint density at radius 1 is 1.13 bits per heavy atom. The molecule has 0 radical (unpaired) electrons. The van der Waals surface area contributed by atoms with Crippen molar-refractivity contribution in [1.29, 1.82) is 0 Å². The van der Waals surface area contributed by atoms with E-state index in [4.69, 9.17) is 14.8 Å². The summed E-state index contributed by atoms with van der Waals surface area (Å²) in [5, 5.41) is 5.77. The van der Waals surface area contributed by atoms with Gasteiger partial charge in [-0.15, -0.1) is 0 Å². The molecule has 3 aliphatic heterocycles. The third kappa shape index (κ3) is 2.65. The predicted molar refractivity (Wildman–Crippen MR) is 119 cm³/mol. The third-order valence-electron chi connectivity index (χ3n) is 6.17. The summed E-state index contributed by atoms with van der Waals surface area (Å²) in [4.78, 5) is 14.6. The second-order valence-electron chi connectivity index (χ2n) is 8.01. The second-order valence-corrected chi connectivity index (χ2v) is 8.01. The Balaban J connectivity index is 1.59. The van der Waals surface area contributed by atoms with Crippen LogP contribution in [0.1, 0.15) is 12.5 Å². The molecule has 0 N–H and O–H groups in total. The number of morpholine rings is 1. The maximum absolute atomic E-state index is 5.70. The number of pyridine rings is 1. The largest absolute Gasteiger partial charge is 0.377 e. The van der Waals surface area contributed by atoms with Crippen molar-refractivity contribution in [3.8, 4) is 0 Å². The number of anilines is 3. The monoisotopic (exact) mass is 400 g/mol. The number of fused-ring (bicyclic) bond motifs is 3. The maximum atomic E-state index is 5.70. The average Bonchev–Trinajstić information content (AvgIpc) is 3.52. The van der Waals surface area contributed by atoms with E-state index in [0.717, 1.165) is 55.4 Å². The Hall–Kier alpha value is -3.19. The van der Waals surface area contributed by atoms with Crippen molar-refractivity contribution in [2.75, 3.05) is 42.6 Å². The number of allylic oxidation sites excluding steroid dienone is 1. The van der Waals surface area contributed by atoms with E-state index < -0.39 is 0 Å². The van der Waals surface area contributed by atoms with Gasteiger partial charge in [-0.05, 0) is 31.6 Å². The molecule has 0 aliphatic carbocycles. The van der Waals surface area contributed by atoms with E-state index in [2.05, 4.69) is 58.1 Å². The van der Waals surface area contributed by atoms with Crippen LogP contribution < -0.4 is 9.80 Å². The van der Waals surface area contributed by atoms with E-state index in [0.29, 0.717) is 12.6 Å². The number of aliphatic imine (C=N–C) groups is 1. The van der Waals surface area contributed by atoms with Gasteiger partial charge in [0.25, 0.3) is 0 Å². The molecule has 152 valence electrons. The van der Waals surface area contributed by atoms with Crippen molar-refractivity contribution in [1.82, 2.24) is 14.8 Å². The van der Waals surface area contributed by atoms with Crippen molar-refractivity contribution in [2.45, 2.75) is 19.4 Å². The van der Waals surface area contributed by atoms with E-state index in [1.807, 2.05) is 17.0 Å². The number of hydrogen-bond acceptors (Lipinski definition) is 6. The summed E-state index contributed by atoms with van der Waals surface area (Å²) in [6, 6.07) is 10.9. The van der Waals surface area contributed by atoms with Crippen LogP contribution in [0, 0.1) is 0 Å². The van der Waals surface area contributed by atoms with Crippen LogP contribution in [0.3, 0.4) is 0 Å². The van der Waals surface area contributed by atoms with Gasteiger partial charge in [-0.1, -0.05) is 24.3 Å². The summed E-state index contributed by atoms with van der Waals surface area (Å²) in [6.07, 6.45) is 6.99. The van der Waals surface area contributed by atoms with Gasteiger partial charge in [-0.3, -0.25) is 4.99 Å². The molecule has 1 saturated heterocycles. The second kappa shape index (κ2) is 6.95. The Labute approximate surface area is 175 Å². The first kappa shape index (κ1) is 17.7. The molecule has 7 heteroatoms. The van der Waals surface area contributed by atoms with E-state index in [1.54, 1.807) is 0 Å². The maximum Gasteiger partial charge on any atom is 0.169 e. The molecule has 0 spiro atoms. The molecular weight excluding hydrogens is 376 g/mol. The lowest BCUT2D eigenvalue weighted by atomic mass is 10.1. The fourth-order valence-corrected chi connectivity index (χ4v) is 4.73. The Morgan fingerprint density at radius 2 is 2.03 bits per heavy atom. The molecule has 3 aliphatic rings. The first-order valence-electron chi connectivity index (χ1n) is 10.6. The smallest absolute Gasteiger partial charge is 0.169 e. The van der Waals surface area contributed by atoms with Gasteiger partial charge in [0.15, 0.2) is 11.5 Å². The number of aromatic nitrogens is 3. The van der Waals surface area contributed by atoms with Gasteiger partial charge in [0.2, 0.25) is 0 Å². The van der Waals surface area contributed by atoms with E-state index in [1.165, 1.54) is 16.9 Å². The summed E-state index contributed by atoms with van der Waals surface area (Å²) in [5.74, 6) is 1.92. The van der Waals surface area contributed by atoms with Crippen LogP contribution in [-0.2, 0) is 11.2 Å². The van der Waals surface area contributed by atoms with Crippen molar-refractivity contribution < 1.29 is 4.74 Å². The SMILES string of the molecule is C[C@@H]1COCCN1c1nc2c(cnn2C2=NCC=C2)c2c1CCN2c1ccccc1. The Bertz CT molecular complexity index is 1170. The summed E-state index contributed by atoms with van der Waals surface area (Å²) in [5.41, 5.74) is 4.61. The zero-order valence-electron chi connectivity index (χ0n) is 17.0. The van der Waals surface area contributed by atoms with Gasteiger partial charge in [0.05, 0.1) is 43.1 Å². The Morgan fingerprint density at radius 3 is 2.83 bits per heavy atom. The molecule has 1 atom stereocenters. The number of para-hydroxylation sites is 1. The van der Waals surface area contributed by atoms with Crippen LogP contribution in [0.2, 0.25) is 0 Å². The first-order chi connectivity index (χ1) is 14.8. The summed E-state index contributed by atoms with van der Waals surface area (Å²) < 4.78 is 7.58. The number of benzene rings is 1. The Kier molecular flexibility index (Phi) is 4.09. The molecule has 5 heterocycles. The van der Waals surface area contributed by atoms with Gasteiger partial charge in [-0.25, -0.2) is 4.98 Å². The predicted octanol–water partition coefficient (Wildman–Crippen LogP) is 3.17. The third-order valence-corrected chi connectivity index (χ3v) is 6.17. The molecule has 0 saturated carbocycles. The van der Waals surface area contributed by atoms with Crippen LogP contribution in [0.25, 0.3) is 11.0 Å². The number of hydrogen-bond donors (Lipinski definition) is 0. The van der Waals surface area contributed by atoms with Gasteiger partial charge < -0.3 is 14.5 Å². The molecule has 30 heavy (non-hydrogen) atoms. The highest BCUT2D eigenvalue weighted by atomic mass is 16.5. The molecule has 1 aromatic carbocycles. The minimum Gasteiger partial charge on any atom is -0.377 e.